The van der Waals surface area contributed by atoms with Gasteiger partial charge in [-0.3, -0.25) is 9.78 Å². The first-order chi connectivity index (χ1) is 10.7. The van der Waals surface area contributed by atoms with Gasteiger partial charge in [0, 0.05) is 18.8 Å². The minimum atomic E-state index is -0.289. The Bertz CT molecular complexity index is 641. The number of aromatic nitrogens is 3. The number of carbonyl (C=O) groups is 1. The molecule has 0 saturated carbocycles. The van der Waals surface area contributed by atoms with Gasteiger partial charge in [0.1, 0.15) is 12.3 Å². The molecule has 8 heteroatoms. The fraction of sp³-hybridized carbons (Fsp3) is 0.286. The van der Waals surface area contributed by atoms with Crippen molar-refractivity contribution >= 4 is 5.91 Å². The zero-order valence-corrected chi connectivity index (χ0v) is 12.5. The van der Waals surface area contributed by atoms with Crippen molar-refractivity contribution in [3.63, 3.8) is 0 Å². The van der Waals surface area contributed by atoms with E-state index < -0.39 is 0 Å². The second-order valence-corrected chi connectivity index (χ2v) is 4.11. The molecule has 2 rings (SSSR count). The van der Waals surface area contributed by atoms with Gasteiger partial charge in [0.25, 0.3) is 5.91 Å². The molecule has 116 valence electrons. The van der Waals surface area contributed by atoms with Gasteiger partial charge in [0.15, 0.2) is 0 Å². The van der Waals surface area contributed by atoms with E-state index in [0.29, 0.717) is 23.0 Å². The lowest BCUT2D eigenvalue weighted by atomic mass is 10.2. The van der Waals surface area contributed by atoms with Gasteiger partial charge in [-0.25, -0.2) is 0 Å². The number of rotatable bonds is 6. The van der Waals surface area contributed by atoms with Crippen molar-refractivity contribution in [1.29, 1.82) is 0 Å². The van der Waals surface area contributed by atoms with Crippen molar-refractivity contribution in [2.24, 2.45) is 0 Å². The smallest absolute Gasteiger partial charge is 0.323 e. The van der Waals surface area contributed by atoms with Crippen LogP contribution in [0.5, 0.6) is 17.8 Å². The molecule has 0 saturated heterocycles. The Balaban J connectivity index is 2.18. The number of hydrogen-bond acceptors (Lipinski definition) is 7. The van der Waals surface area contributed by atoms with Gasteiger partial charge in [0.05, 0.1) is 20.3 Å². The molecule has 2 aromatic rings. The summed E-state index contributed by atoms with van der Waals surface area (Å²) in [4.78, 5) is 23.9. The third-order valence-corrected chi connectivity index (χ3v) is 2.77. The van der Waals surface area contributed by atoms with Gasteiger partial charge in [0.2, 0.25) is 11.8 Å². The van der Waals surface area contributed by atoms with Crippen LogP contribution < -0.4 is 19.5 Å². The molecule has 0 bridgehead atoms. The first kappa shape index (κ1) is 15.5. The van der Waals surface area contributed by atoms with Crippen molar-refractivity contribution in [2.75, 3.05) is 21.3 Å². The summed E-state index contributed by atoms with van der Waals surface area (Å²) in [6.45, 7) is 0.0902. The molecule has 1 amide bonds. The molecule has 8 nitrogen and oxygen atoms in total. The van der Waals surface area contributed by atoms with E-state index in [-0.39, 0.29) is 18.5 Å². The molecule has 0 atom stereocenters. The summed E-state index contributed by atoms with van der Waals surface area (Å²) in [5.41, 5.74) is 0.909. The molecule has 2 aromatic heterocycles. The van der Waals surface area contributed by atoms with E-state index in [1.165, 1.54) is 27.3 Å². The van der Waals surface area contributed by atoms with Gasteiger partial charge in [-0.2, -0.15) is 9.97 Å². The van der Waals surface area contributed by atoms with Crippen LogP contribution in [0.1, 0.15) is 16.1 Å². The lowest BCUT2D eigenvalue weighted by Crippen LogP contribution is -2.21. The maximum atomic E-state index is 11.7. The summed E-state index contributed by atoms with van der Waals surface area (Å²) in [6, 6.07) is 5.09. The molecule has 1 N–H and O–H groups in total. The molecule has 0 aliphatic rings. The molecule has 0 unspecified atom stereocenters. The lowest BCUT2D eigenvalue weighted by molar-refractivity contribution is 0.0955. The Morgan fingerprint density at radius 1 is 1.23 bits per heavy atom. The summed E-state index contributed by atoms with van der Waals surface area (Å²) in [5, 5.41) is 2.53. The van der Waals surface area contributed by atoms with Crippen molar-refractivity contribution in [2.45, 2.75) is 6.61 Å². The summed E-state index contributed by atoms with van der Waals surface area (Å²) in [6.07, 6.45) is 1.54. The van der Waals surface area contributed by atoms with Crippen LogP contribution in [0.2, 0.25) is 0 Å². The van der Waals surface area contributed by atoms with Crippen LogP contribution in [0.3, 0.4) is 0 Å². The summed E-state index contributed by atoms with van der Waals surface area (Å²) >= 11 is 0. The largest absolute Gasteiger partial charge is 0.481 e. The highest BCUT2D eigenvalue weighted by molar-refractivity contribution is 5.93. The normalized spacial score (nSPS) is 9.95. The van der Waals surface area contributed by atoms with E-state index in [1.807, 2.05) is 0 Å². The highest BCUT2D eigenvalue weighted by Crippen LogP contribution is 2.19. The van der Waals surface area contributed by atoms with Crippen LogP contribution in [0, 0.1) is 0 Å². The highest BCUT2D eigenvalue weighted by atomic mass is 16.5. The Hall–Kier alpha value is -2.90. The van der Waals surface area contributed by atoms with Crippen LogP contribution in [-0.2, 0) is 6.61 Å². The number of carbonyl (C=O) groups excluding carboxylic acids is 1. The Morgan fingerprint density at radius 2 is 1.91 bits per heavy atom. The van der Waals surface area contributed by atoms with Gasteiger partial charge in [-0.1, -0.05) is 6.07 Å². The third kappa shape index (κ3) is 3.60. The highest BCUT2D eigenvalue weighted by Gasteiger charge is 2.13. The fourth-order valence-corrected chi connectivity index (χ4v) is 1.68. The second kappa shape index (κ2) is 7.21. The molecule has 0 radical (unpaired) electrons. The van der Waals surface area contributed by atoms with Crippen molar-refractivity contribution in [1.82, 2.24) is 20.3 Å². The maximum Gasteiger partial charge on any atom is 0.323 e. The number of amides is 1. The molecular formula is C14H16N4O4. The molecule has 22 heavy (non-hydrogen) atoms. The minimum absolute atomic E-state index is 0.0860. The summed E-state index contributed by atoms with van der Waals surface area (Å²) in [5.74, 6) is 0.350. The van der Waals surface area contributed by atoms with Crippen molar-refractivity contribution < 1.29 is 19.0 Å². The number of methoxy groups -OCH3 is 2. The number of pyridine rings is 1. The van der Waals surface area contributed by atoms with E-state index in [9.17, 15) is 4.79 Å². The Morgan fingerprint density at radius 3 is 2.50 bits per heavy atom. The number of nitrogens with one attached hydrogen (secondary N) is 1. The monoisotopic (exact) mass is 304 g/mol. The standard InChI is InChI=1S/C14H16N4O4/c1-15-13(19)12-9(5-4-6-16-12)8-22-14-17-10(20-2)7-11(18-14)21-3/h4-7H,8H2,1-3H3,(H,15,19). The van der Waals surface area contributed by atoms with Gasteiger partial charge < -0.3 is 19.5 Å². The topological polar surface area (TPSA) is 95.5 Å². The number of nitrogens with zero attached hydrogens (tertiary/aromatic N) is 3. The van der Waals surface area contributed by atoms with Gasteiger partial charge >= 0.3 is 6.01 Å². The SMILES string of the molecule is CNC(=O)c1ncccc1COc1nc(OC)cc(OC)n1. The second-order valence-electron chi connectivity index (χ2n) is 4.11. The van der Waals surface area contributed by atoms with E-state index in [0.717, 1.165) is 0 Å². The molecular weight excluding hydrogens is 288 g/mol. The minimum Gasteiger partial charge on any atom is -0.481 e. The average Bonchev–Trinajstić information content (AvgIpc) is 2.59. The van der Waals surface area contributed by atoms with Crippen LogP contribution >= 0.6 is 0 Å². The molecule has 2 heterocycles. The van der Waals surface area contributed by atoms with Crippen LogP contribution in [0.15, 0.2) is 24.4 Å². The molecule has 0 aliphatic carbocycles. The predicted molar refractivity (Wildman–Crippen MR) is 77.1 cm³/mol. The van der Waals surface area contributed by atoms with E-state index in [4.69, 9.17) is 14.2 Å². The third-order valence-electron chi connectivity index (χ3n) is 2.77. The Kier molecular flexibility index (Phi) is 5.07. The van der Waals surface area contributed by atoms with Crippen LogP contribution in [0.4, 0.5) is 0 Å². The van der Waals surface area contributed by atoms with Crippen molar-refractivity contribution in [3.05, 3.63) is 35.7 Å². The van der Waals surface area contributed by atoms with Gasteiger partial charge in [-0.05, 0) is 6.07 Å². The van der Waals surface area contributed by atoms with E-state index in [2.05, 4.69) is 20.3 Å². The van der Waals surface area contributed by atoms with E-state index >= 15 is 0 Å². The number of ether oxygens (including phenoxy) is 3. The molecule has 0 aliphatic heterocycles. The lowest BCUT2D eigenvalue weighted by Gasteiger charge is -2.09. The zero-order chi connectivity index (χ0) is 15.9. The molecule has 0 spiro atoms. The quantitative estimate of drug-likeness (QED) is 0.844. The van der Waals surface area contributed by atoms with Gasteiger partial charge in [-0.15, -0.1) is 0 Å². The maximum absolute atomic E-state index is 11.7. The zero-order valence-electron chi connectivity index (χ0n) is 12.5. The van der Waals surface area contributed by atoms with Crippen LogP contribution in [0.25, 0.3) is 0 Å². The summed E-state index contributed by atoms with van der Waals surface area (Å²) < 4.78 is 15.6. The predicted octanol–water partition coefficient (Wildman–Crippen LogP) is 0.827. The first-order valence-corrected chi connectivity index (χ1v) is 6.43. The number of hydrogen-bond donors (Lipinski definition) is 1. The molecule has 0 aromatic carbocycles. The van der Waals surface area contributed by atoms with E-state index in [1.54, 1.807) is 18.3 Å². The Labute approximate surface area is 127 Å². The first-order valence-electron chi connectivity index (χ1n) is 6.43. The fourth-order valence-electron chi connectivity index (χ4n) is 1.68. The molecule has 0 fully saturated rings. The summed E-state index contributed by atoms with van der Waals surface area (Å²) in [7, 11) is 4.50. The van der Waals surface area contributed by atoms with Crippen molar-refractivity contribution in [3.8, 4) is 17.8 Å². The van der Waals surface area contributed by atoms with Crippen LogP contribution in [-0.4, -0.2) is 42.1 Å². The average molecular weight is 304 g/mol.